The summed E-state index contributed by atoms with van der Waals surface area (Å²) in [6.45, 7) is 0. The minimum Gasteiger partial charge on any atom is -0.497 e. The zero-order valence-electron chi connectivity index (χ0n) is 10.8. The van der Waals surface area contributed by atoms with Gasteiger partial charge in [0, 0.05) is 36.4 Å². The Morgan fingerprint density at radius 3 is 2.95 bits per heavy atom. The zero-order valence-corrected chi connectivity index (χ0v) is 10.8. The van der Waals surface area contributed by atoms with E-state index in [0.29, 0.717) is 17.1 Å². The van der Waals surface area contributed by atoms with E-state index in [-0.39, 0.29) is 5.56 Å². The van der Waals surface area contributed by atoms with E-state index in [9.17, 15) is 4.79 Å². The predicted octanol–water partition coefficient (Wildman–Crippen LogP) is 1.63. The Kier molecular flexibility index (Phi) is 3.04. The van der Waals surface area contributed by atoms with Gasteiger partial charge in [-0.2, -0.15) is 0 Å². The first kappa shape index (κ1) is 12.2. The Labute approximate surface area is 114 Å². The molecule has 100 valence electrons. The Morgan fingerprint density at radius 1 is 1.30 bits per heavy atom. The van der Waals surface area contributed by atoms with Crippen molar-refractivity contribution in [3.63, 3.8) is 0 Å². The van der Waals surface area contributed by atoms with E-state index in [1.54, 1.807) is 50.1 Å². The van der Waals surface area contributed by atoms with Gasteiger partial charge in [0.05, 0.1) is 12.7 Å². The molecule has 0 aliphatic rings. The van der Waals surface area contributed by atoms with Gasteiger partial charge < -0.3 is 4.74 Å². The fraction of sp³-hybridized carbons (Fsp3) is 0.0714. The minimum absolute atomic E-state index is 0.182. The molecule has 0 aromatic carbocycles. The van der Waals surface area contributed by atoms with E-state index in [0.717, 1.165) is 5.56 Å². The second kappa shape index (κ2) is 5.00. The highest BCUT2D eigenvalue weighted by atomic mass is 16.5. The molecule has 0 aliphatic carbocycles. The zero-order chi connectivity index (χ0) is 13.9. The van der Waals surface area contributed by atoms with Crippen LogP contribution >= 0.6 is 0 Å². The average molecular weight is 268 g/mol. The van der Waals surface area contributed by atoms with Gasteiger partial charge in [-0.25, -0.2) is 9.67 Å². The number of ether oxygens (including phenoxy) is 1. The van der Waals surface area contributed by atoms with Crippen LogP contribution in [0, 0.1) is 0 Å². The maximum atomic E-state index is 12.4. The lowest BCUT2D eigenvalue weighted by atomic mass is 10.2. The van der Waals surface area contributed by atoms with Crippen LogP contribution in [0.15, 0.2) is 53.8 Å². The summed E-state index contributed by atoms with van der Waals surface area (Å²) in [5.41, 5.74) is 1.12. The lowest BCUT2D eigenvalue weighted by Gasteiger charge is -2.03. The van der Waals surface area contributed by atoms with Crippen LogP contribution in [0.4, 0.5) is 0 Å². The topological polar surface area (TPSA) is 72.8 Å². The van der Waals surface area contributed by atoms with Crippen molar-refractivity contribution in [1.82, 2.24) is 19.7 Å². The lowest BCUT2D eigenvalue weighted by Crippen LogP contribution is -2.16. The summed E-state index contributed by atoms with van der Waals surface area (Å²) in [4.78, 5) is 20.6. The second-order valence-electron chi connectivity index (χ2n) is 4.12. The first-order valence-corrected chi connectivity index (χ1v) is 6.01. The van der Waals surface area contributed by atoms with Gasteiger partial charge >= 0.3 is 0 Å². The van der Waals surface area contributed by atoms with Gasteiger partial charge in [0.1, 0.15) is 5.75 Å². The summed E-state index contributed by atoms with van der Waals surface area (Å²) < 4.78 is 6.49. The molecular formula is C14H12N4O2. The maximum Gasteiger partial charge on any atom is 0.280 e. The Morgan fingerprint density at radius 2 is 2.20 bits per heavy atom. The van der Waals surface area contributed by atoms with Crippen LogP contribution in [0.3, 0.4) is 0 Å². The molecule has 3 aromatic rings. The van der Waals surface area contributed by atoms with E-state index >= 15 is 0 Å². The number of hydrogen-bond acceptors (Lipinski definition) is 4. The molecule has 0 saturated heterocycles. The van der Waals surface area contributed by atoms with Crippen molar-refractivity contribution in [3.05, 3.63) is 59.4 Å². The molecule has 3 heterocycles. The highest BCUT2D eigenvalue weighted by molar-refractivity contribution is 5.60. The molecule has 3 rings (SSSR count). The van der Waals surface area contributed by atoms with Crippen molar-refractivity contribution in [3.8, 4) is 22.7 Å². The smallest absolute Gasteiger partial charge is 0.280 e. The largest absolute Gasteiger partial charge is 0.497 e. The summed E-state index contributed by atoms with van der Waals surface area (Å²) in [7, 11) is 1.57. The lowest BCUT2D eigenvalue weighted by molar-refractivity contribution is 0.413. The number of aromatic amines is 1. The van der Waals surface area contributed by atoms with Gasteiger partial charge in [-0.1, -0.05) is 6.07 Å². The highest BCUT2D eigenvalue weighted by Gasteiger charge is 2.11. The summed E-state index contributed by atoms with van der Waals surface area (Å²) in [6, 6.07) is 7.03. The number of rotatable bonds is 3. The molecule has 20 heavy (non-hydrogen) atoms. The molecule has 0 saturated carbocycles. The van der Waals surface area contributed by atoms with Gasteiger partial charge in [-0.05, 0) is 12.1 Å². The summed E-state index contributed by atoms with van der Waals surface area (Å²) in [5.74, 6) is 1.11. The second-order valence-corrected chi connectivity index (χ2v) is 4.12. The maximum absolute atomic E-state index is 12.4. The molecule has 1 N–H and O–H groups in total. The number of H-pyrrole nitrogens is 1. The number of hydrogen-bond donors (Lipinski definition) is 1. The third-order valence-electron chi connectivity index (χ3n) is 2.93. The van der Waals surface area contributed by atoms with E-state index < -0.39 is 0 Å². The molecule has 0 unspecified atom stereocenters. The molecule has 0 spiro atoms. The summed E-state index contributed by atoms with van der Waals surface area (Å²) in [5, 5.41) is 2.90. The van der Waals surface area contributed by atoms with Gasteiger partial charge in [0.25, 0.3) is 5.56 Å². The number of methoxy groups -OCH3 is 1. The van der Waals surface area contributed by atoms with Crippen LogP contribution in [0.1, 0.15) is 0 Å². The van der Waals surface area contributed by atoms with Crippen molar-refractivity contribution in [1.29, 1.82) is 0 Å². The van der Waals surface area contributed by atoms with Crippen molar-refractivity contribution in [2.45, 2.75) is 0 Å². The molecule has 3 aromatic heterocycles. The van der Waals surface area contributed by atoms with Gasteiger partial charge in [0.15, 0.2) is 5.82 Å². The number of aromatic nitrogens is 4. The summed E-state index contributed by atoms with van der Waals surface area (Å²) in [6.07, 6.45) is 6.54. The van der Waals surface area contributed by atoms with E-state index in [2.05, 4.69) is 15.1 Å². The van der Waals surface area contributed by atoms with Crippen molar-refractivity contribution in [2.24, 2.45) is 0 Å². The van der Waals surface area contributed by atoms with E-state index in [1.165, 1.54) is 4.68 Å². The first-order chi connectivity index (χ1) is 9.79. The van der Waals surface area contributed by atoms with Gasteiger partial charge in [-0.15, -0.1) is 0 Å². The van der Waals surface area contributed by atoms with Crippen molar-refractivity contribution < 1.29 is 4.74 Å². The van der Waals surface area contributed by atoms with Crippen LogP contribution < -0.4 is 10.3 Å². The Balaban J connectivity index is 2.09. The molecule has 0 amide bonds. The number of nitrogens with one attached hydrogen (secondary N) is 1. The third-order valence-corrected chi connectivity index (χ3v) is 2.93. The SMILES string of the molecule is COc1ccnc(-n2[nH]cc(-c3cccnc3)c2=O)c1. The Bertz CT molecular complexity index is 777. The average Bonchev–Trinajstić information content (AvgIpc) is 2.90. The van der Waals surface area contributed by atoms with E-state index in [4.69, 9.17) is 4.74 Å². The quantitative estimate of drug-likeness (QED) is 0.783. The highest BCUT2D eigenvalue weighted by Crippen LogP contribution is 2.15. The fourth-order valence-corrected chi connectivity index (χ4v) is 1.92. The molecule has 6 heteroatoms. The minimum atomic E-state index is -0.182. The van der Waals surface area contributed by atoms with Crippen LogP contribution in [0.5, 0.6) is 5.75 Å². The molecular weight excluding hydrogens is 256 g/mol. The molecule has 0 bridgehead atoms. The summed E-state index contributed by atoms with van der Waals surface area (Å²) >= 11 is 0. The first-order valence-electron chi connectivity index (χ1n) is 6.01. The monoisotopic (exact) mass is 268 g/mol. The van der Waals surface area contributed by atoms with Gasteiger partial charge in [-0.3, -0.25) is 14.9 Å². The molecule has 6 nitrogen and oxygen atoms in total. The van der Waals surface area contributed by atoms with Crippen molar-refractivity contribution in [2.75, 3.05) is 7.11 Å². The number of nitrogens with zero attached hydrogens (tertiary/aromatic N) is 3. The molecule has 0 radical (unpaired) electrons. The molecule has 0 atom stereocenters. The Hall–Kier alpha value is -2.89. The van der Waals surface area contributed by atoms with Crippen molar-refractivity contribution >= 4 is 0 Å². The van der Waals surface area contributed by atoms with Crippen LogP contribution in [0.2, 0.25) is 0 Å². The van der Waals surface area contributed by atoms with Crippen LogP contribution in [0.25, 0.3) is 16.9 Å². The van der Waals surface area contributed by atoms with Crippen LogP contribution in [-0.4, -0.2) is 26.9 Å². The van der Waals surface area contributed by atoms with Crippen LogP contribution in [-0.2, 0) is 0 Å². The molecule has 0 fully saturated rings. The fourth-order valence-electron chi connectivity index (χ4n) is 1.92. The normalized spacial score (nSPS) is 10.4. The standard InChI is InChI=1S/C14H12N4O2/c1-20-11-4-6-16-13(7-11)18-14(19)12(9-17-18)10-3-2-5-15-8-10/h2-9,17H,1H3. The predicted molar refractivity (Wildman–Crippen MR) is 74.0 cm³/mol. The third kappa shape index (κ3) is 2.07. The number of pyridine rings is 2. The van der Waals surface area contributed by atoms with E-state index in [1.807, 2.05) is 6.07 Å². The van der Waals surface area contributed by atoms with Gasteiger partial charge in [0.2, 0.25) is 0 Å². The molecule has 0 aliphatic heterocycles.